The van der Waals surface area contributed by atoms with Crippen molar-refractivity contribution in [2.75, 3.05) is 6.61 Å². The largest absolute Gasteiger partial charge is 0.508 e. The highest BCUT2D eigenvalue weighted by Crippen LogP contribution is 2.51. The van der Waals surface area contributed by atoms with E-state index < -0.39 is 0 Å². The van der Waals surface area contributed by atoms with E-state index in [1.54, 1.807) is 23.5 Å². The minimum Gasteiger partial charge on any atom is -0.508 e. The molecule has 0 unspecified atom stereocenters. The maximum atomic E-state index is 13.5. The van der Waals surface area contributed by atoms with Crippen LogP contribution >= 0.6 is 11.3 Å². The van der Waals surface area contributed by atoms with Gasteiger partial charge in [-0.3, -0.25) is 14.5 Å². The van der Waals surface area contributed by atoms with Crippen LogP contribution in [0, 0.1) is 17.8 Å². The number of carbonyl (C=O) groups is 2. The fourth-order valence-electron chi connectivity index (χ4n) is 6.08. The van der Waals surface area contributed by atoms with Crippen molar-refractivity contribution in [2.24, 2.45) is 17.8 Å². The van der Waals surface area contributed by atoms with Crippen LogP contribution in [0.5, 0.6) is 5.75 Å². The van der Waals surface area contributed by atoms with Gasteiger partial charge in [-0.05, 0) is 67.3 Å². The number of phenols is 1. The van der Waals surface area contributed by atoms with Crippen molar-refractivity contribution in [3.63, 3.8) is 0 Å². The third-order valence-electron chi connectivity index (χ3n) is 7.65. The molecule has 5 rings (SSSR count). The highest BCUT2D eigenvalue weighted by Gasteiger charge is 2.56. The third-order valence-corrected chi connectivity index (χ3v) is 8.51. The Labute approximate surface area is 211 Å². The van der Waals surface area contributed by atoms with Crippen LogP contribution in [-0.2, 0) is 20.9 Å². The molecule has 2 saturated heterocycles. The fourth-order valence-corrected chi connectivity index (χ4v) is 6.77. The third kappa shape index (κ3) is 4.74. The maximum Gasteiger partial charge on any atom is 0.234 e. The molecule has 6 heteroatoms. The number of aromatic hydroxyl groups is 1. The first-order chi connectivity index (χ1) is 17.0. The van der Waals surface area contributed by atoms with E-state index >= 15 is 0 Å². The molecule has 2 amide bonds. The van der Waals surface area contributed by atoms with Crippen molar-refractivity contribution >= 4 is 29.2 Å². The summed E-state index contributed by atoms with van der Waals surface area (Å²) in [7, 11) is 0. The average molecular weight is 492 g/mol. The lowest BCUT2D eigenvalue weighted by atomic mass is 9.68. The second-order valence-electron chi connectivity index (χ2n) is 10.0. The first kappa shape index (κ1) is 24.0. The van der Waals surface area contributed by atoms with E-state index in [9.17, 15) is 14.7 Å². The molecule has 4 atom stereocenters. The Bertz CT molecular complexity index is 1150. The smallest absolute Gasteiger partial charge is 0.234 e. The number of likely N-dealkylation sites (tertiary alicyclic amines) is 1. The molecule has 5 nitrogen and oxygen atoms in total. The standard InChI is InChI=1S/C29H33NO4S/c1-3-5-20-15-23-27(29(33)30(28(23)32)16-22-6-4-13-35-22)24-17-34-25(26(20)24)12-7-18(2)14-19-8-10-21(31)11-9-19/h4,6,8-11,13-14,23-25,27,31H,3,5,7,12,15-17H2,1-2H3/b18-14+/t23-,24+,25-,27-/m1/s1. The van der Waals surface area contributed by atoms with Gasteiger partial charge in [0.25, 0.3) is 0 Å². The van der Waals surface area contributed by atoms with E-state index in [0.717, 1.165) is 36.1 Å². The van der Waals surface area contributed by atoms with E-state index in [2.05, 4.69) is 19.9 Å². The van der Waals surface area contributed by atoms with Gasteiger partial charge in [-0.15, -0.1) is 11.3 Å². The number of allylic oxidation sites excluding steroid dienone is 2. The molecule has 1 aromatic carbocycles. The quantitative estimate of drug-likeness (QED) is 0.366. The topological polar surface area (TPSA) is 66.8 Å². The van der Waals surface area contributed by atoms with E-state index in [0.29, 0.717) is 19.6 Å². The summed E-state index contributed by atoms with van der Waals surface area (Å²) in [5.41, 5.74) is 4.98. The number of carbonyl (C=O) groups excluding carboxylic acids is 2. The summed E-state index contributed by atoms with van der Waals surface area (Å²) >= 11 is 1.59. The predicted octanol–water partition coefficient (Wildman–Crippen LogP) is 5.95. The van der Waals surface area contributed by atoms with Crippen molar-refractivity contribution < 1.29 is 19.4 Å². The monoisotopic (exact) mass is 491 g/mol. The summed E-state index contributed by atoms with van der Waals surface area (Å²) in [5, 5.41) is 11.5. The van der Waals surface area contributed by atoms with Gasteiger partial charge in [0.05, 0.1) is 31.1 Å². The summed E-state index contributed by atoms with van der Waals surface area (Å²) in [6.45, 7) is 5.22. The van der Waals surface area contributed by atoms with E-state index in [4.69, 9.17) is 4.74 Å². The molecule has 2 fully saturated rings. The number of hydrogen-bond donors (Lipinski definition) is 1. The minimum absolute atomic E-state index is 0.00261. The molecule has 2 aromatic rings. The van der Waals surface area contributed by atoms with Crippen molar-refractivity contribution in [3.05, 3.63) is 68.9 Å². The number of fused-ring (bicyclic) bond motifs is 3. The summed E-state index contributed by atoms with van der Waals surface area (Å²) in [6.07, 6.45) is 6.61. The molecule has 0 bridgehead atoms. The number of phenolic OH excluding ortho intramolecular Hbond substituents is 1. The molecule has 2 aliphatic heterocycles. The zero-order valence-electron chi connectivity index (χ0n) is 20.4. The second kappa shape index (κ2) is 10.1. The summed E-state index contributed by atoms with van der Waals surface area (Å²) in [4.78, 5) is 29.4. The van der Waals surface area contributed by atoms with Crippen LogP contribution in [0.4, 0.5) is 0 Å². The molecule has 1 aromatic heterocycles. The highest BCUT2D eigenvalue weighted by atomic mass is 32.1. The molecule has 3 heterocycles. The van der Waals surface area contributed by atoms with E-state index in [1.165, 1.54) is 21.6 Å². The Balaban J connectivity index is 1.33. The Hall–Kier alpha value is -2.70. The van der Waals surface area contributed by atoms with Gasteiger partial charge in [-0.25, -0.2) is 0 Å². The van der Waals surface area contributed by atoms with Crippen molar-refractivity contribution in [1.82, 2.24) is 4.90 Å². The summed E-state index contributed by atoms with van der Waals surface area (Å²) < 4.78 is 6.33. The Kier molecular flexibility index (Phi) is 6.94. The molecule has 1 N–H and O–H groups in total. The molecule has 1 aliphatic carbocycles. The van der Waals surface area contributed by atoms with Crippen LogP contribution in [0.15, 0.2) is 58.5 Å². The van der Waals surface area contributed by atoms with Crippen LogP contribution in [0.3, 0.4) is 0 Å². The van der Waals surface area contributed by atoms with Crippen LogP contribution in [-0.4, -0.2) is 34.5 Å². The number of imide groups is 1. The number of nitrogens with zero attached hydrogens (tertiary/aromatic N) is 1. The maximum absolute atomic E-state index is 13.5. The number of ether oxygens (including phenoxy) is 1. The lowest BCUT2D eigenvalue weighted by Gasteiger charge is -2.32. The fraction of sp³-hybridized carbons (Fsp3) is 0.448. The SMILES string of the molecule is CCCC1=C2[C@@H](CC/C(C)=C/c3ccc(O)cc3)OC[C@@H]2[C@@H]2C(=O)N(Cc3cccs3)C(=O)[C@@H]2C1. The van der Waals surface area contributed by atoms with Crippen molar-refractivity contribution in [1.29, 1.82) is 0 Å². The number of benzene rings is 1. The van der Waals surface area contributed by atoms with Gasteiger partial charge in [0, 0.05) is 10.8 Å². The van der Waals surface area contributed by atoms with Gasteiger partial charge in [-0.1, -0.05) is 48.8 Å². The van der Waals surface area contributed by atoms with Crippen molar-refractivity contribution in [3.8, 4) is 5.75 Å². The first-order valence-corrected chi connectivity index (χ1v) is 13.5. The number of thiophene rings is 1. The molecule has 0 spiro atoms. The zero-order valence-corrected chi connectivity index (χ0v) is 21.2. The van der Waals surface area contributed by atoms with E-state index in [-0.39, 0.29) is 41.4 Å². The molecule has 3 aliphatic rings. The Morgan fingerprint density at radius 1 is 1.17 bits per heavy atom. The van der Waals surface area contributed by atoms with Gasteiger partial charge in [0.2, 0.25) is 11.8 Å². The van der Waals surface area contributed by atoms with Gasteiger partial charge in [-0.2, -0.15) is 0 Å². The lowest BCUT2D eigenvalue weighted by molar-refractivity contribution is -0.140. The highest BCUT2D eigenvalue weighted by molar-refractivity contribution is 7.09. The molecule has 35 heavy (non-hydrogen) atoms. The van der Waals surface area contributed by atoms with Gasteiger partial charge < -0.3 is 9.84 Å². The predicted molar refractivity (Wildman–Crippen MR) is 138 cm³/mol. The summed E-state index contributed by atoms with van der Waals surface area (Å²) in [6, 6.07) is 11.2. The van der Waals surface area contributed by atoms with Crippen LogP contribution < -0.4 is 0 Å². The average Bonchev–Trinajstić information content (AvgIpc) is 3.56. The van der Waals surface area contributed by atoms with Crippen LogP contribution in [0.25, 0.3) is 6.08 Å². The molecule has 0 saturated carbocycles. The molecular weight excluding hydrogens is 458 g/mol. The van der Waals surface area contributed by atoms with Gasteiger partial charge >= 0.3 is 0 Å². The second-order valence-corrected chi connectivity index (χ2v) is 11.1. The normalized spacial score (nSPS) is 26.5. The number of rotatable bonds is 8. The van der Waals surface area contributed by atoms with Crippen molar-refractivity contribution in [2.45, 2.75) is 58.6 Å². The Morgan fingerprint density at radius 3 is 2.69 bits per heavy atom. The molecule has 184 valence electrons. The van der Waals surface area contributed by atoms with Gasteiger partial charge in [0.1, 0.15) is 5.75 Å². The minimum atomic E-state index is -0.281. The summed E-state index contributed by atoms with van der Waals surface area (Å²) in [5.74, 6) is -0.249. The van der Waals surface area contributed by atoms with Gasteiger partial charge in [0.15, 0.2) is 0 Å². The van der Waals surface area contributed by atoms with E-state index in [1.807, 2.05) is 29.6 Å². The Morgan fingerprint density at radius 2 is 1.97 bits per heavy atom. The number of amides is 2. The van der Waals surface area contributed by atoms with Crippen LogP contribution in [0.1, 0.15) is 56.4 Å². The zero-order chi connectivity index (χ0) is 24.5. The lowest BCUT2D eigenvalue weighted by Crippen LogP contribution is -2.34. The first-order valence-electron chi connectivity index (χ1n) is 12.6. The molecule has 0 radical (unpaired) electrons. The molecular formula is C29H33NO4S. The number of hydrogen-bond acceptors (Lipinski definition) is 5. The van der Waals surface area contributed by atoms with Crippen LogP contribution in [0.2, 0.25) is 0 Å².